The molecule has 0 aliphatic carbocycles. The van der Waals surface area contributed by atoms with Crippen molar-refractivity contribution in [2.45, 2.75) is 117 Å². The summed E-state index contributed by atoms with van der Waals surface area (Å²) in [5, 5.41) is 10.1. The van der Waals surface area contributed by atoms with Crippen LogP contribution < -0.4 is 0 Å². The average molecular weight is 931 g/mol. The molecule has 6 aliphatic heterocycles. The summed E-state index contributed by atoms with van der Waals surface area (Å²) in [6.45, 7) is 10.2. The normalized spacial score (nSPS) is 19.7. The van der Waals surface area contributed by atoms with Gasteiger partial charge < -0.3 is 19.8 Å². The molecule has 0 aromatic carbocycles. The first-order chi connectivity index (χ1) is 34.4. The first-order valence-corrected chi connectivity index (χ1v) is 25.1. The zero-order chi connectivity index (χ0) is 46.6. The van der Waals surface area contributed by atoms with Crippen molar-refractivity contribution in [3.8, 4) is 68.1 Å². The van der Waals surface area contributed by atoms with Crippen molar-refractivity contribution in [3.63, 3.8) is 0 Å². The number of aromatic nitrogens is 12. The van der Waals surface area contributed by atoms with Gasteiger partial charge in [-0.3, -0.25) is 39.1 Å². The number of H-pyrrole nitrogens is 2. The van der Waals surface area contributed by atoms with Crippen molar-refractivity contribution in [3.05, 3.63) is 119 Å². The molecule has 14 rings (SSSR count). The second kappa shape index (κ2) is 16.4. The van der Waals surface area contributed by atoms with E-state index in [0.717, 1.165) is 180 Å². The number of nitrogens with zero attached hydrogens (tertiary/aromatic N) is 14. The second-order valence-corrected chi connectivity index (χ2v) is 19.9. The molecule has 0 spiro atoms. The SMILES string of the molecule is Cc1cccc(-c2nn3c(c2-c2ccnc(-c4nc5c([nH]4)CN(C4CCCN4C(=O)N4CCCC4N4Cc6nc(-c7cc(-c8c(-c9cccc(C)n9)nn9c8CCC9)ccn7)[nH]c6C4)C5)c2)CCC3)n1. The van der Waals surface area contributed by atoms with Gasteiger partial charge in [-0.15, -0.1) is 0 Å². The van der Waals surface area contributed by atoms with Crippen LogP contribution >= 0.6 is 0 Å². The summed E-state index contributed by atoms with van der Waals surface area (Å²) in [5.74, 6) is 1.55. The summed E-state index contributed by atoms with van der Waals surface area (Å²) >= 11 is 0. The topological polar surface area (TPSA) is 175 Å². The molecule has 2 amide bonds. The number of likely N-dealkylation sites (tertiary alicyclic amines) is 2. The average Bonchev–Trinajstić information content (AvgIpc) is 4.20. The lowest BCUT2D eigenvalue weighted by Crippen LogP contribution is -2.54. The molecule has 0 radical (unpaired) electrons. The maximum absolute atomic E-state index is 14.7. The minimum Gasteiger partial charge on any atom is -0.339 e. The monoisotopic (exact) mass is 930 g/mol. The Hall–Kier alpha value is -7.37. The highest BCUT2D eigenvalue weighted by Crippen LogP contribution is 2.41. The van der Waals surface area contributed by atoms with E-state index in [1.54, 1.807) is 0 Å². The van der Waals surface area contributed by atoms with Gasteiger partial charge in [-0.05, 0) is 125 Å². The Balaban J connectivity index is 0.652. The van der Waals surface area contributed by atoms with Gasteiger partial charge >= 0.3 is 6.03 Å². The van der Waals surface area contributed by atoms with E-state index in [0.29, 0.717) is 26.2 Å². The molecule has 2 saturated heterocycles. The highest BCUT2D eigenvalue weighted by molar-refractivity contribution is 5.84. The number of fused-ring (bicyclic) bond motifs is 4. The molecule has 2 atom stereocenters. The Bertz CT molecular complexity index is 3110. The highest BCUT2D eigenvalue weighted by atomic mass is 16.2. The molecule has 14 heterocycles. The maximum atomic E-state index is 14.7. The first-order valence-electron chi connectivity index (χ1n) is 25.1. The third-order valence-corrected chi connectivity index (χ3v) is 15.5. The van der Waals surface area contributed by atoms with E-state index >= 15 is 0 Å². The number of aryl methyl sites for hydroxylation is 4. The Morgan fingerprint density at radius 1 is 0.557 bits per heavy atom. The zero-order valence-electron chi connectivity index (χ0n) is 39.6. The standard InChI is InChI=1S/C53H54N16O/c1-31-9-3-11-35(56-31)49-47(43-13-5-23-68(43)62-49)33-17-19-54-37(25-33)51-58-39-27-64(28-40(39)59-51)45-15-7-21-66(45)53(70)67-22-8-16-46(67)65-29-41-42(30-65)61-52(60-41)38-26-34(18-20-55-38)48-44-14-6-24-69(44)63-50(48)36-12-4-10-32(2)57-36/h3-4,9-12,17-20,25-26,45-46H,5-8,13-16,21-24,27-30H2,1-2H3,(H,58,59)(H,60,61). The molecular formula is C53H54N16O. The number of rotatable bonds is 8. The number of aromatic amines is 2. The van der Waals surface area contributed by atoms with Crippen LogP contribution in [0, 0.1) is 13.8 Å². The van der Waals surface area contributed by atoms with Crippen LogP contribution in [0.4, 0.5) is 4.79 Å². The van der Waals surface area contributed by atoms with Crippen LogP contribution in [0.5, 0.6) is 0 Å². The predicted molar refractivity (Wildman–Crippen MR) is 262 cm³/mol. The highest BCUT2D eigenvalue weighted by Gasteiger charge is 2.44. The van der Waals surface area contributed by atoms with Gasteiger partial charge in [0.05, 0.1) is 46.5 Å². The van der Waals surface area contributed by atoms with Gasteiger partial charge in [-0.25, -0.2) is 14.8 Å². The van der Waals surface area contributed by atoms with E-state index in [2.05, 4.69) is 63.2 Å². The third kappa shape index (κ3) is 6.91. The number of nitrogens with one attached hydrogen (secondary N) is 2. The van der Waals surface area contributed by atoms with Gasteiger partial charge in [0, 0.05) is 98.7 Å². The lowest BCUT2D eigenvalue weighted by atomic mass is 10.00. The van der Waals surface area contributed by atoms with Crippen molar-refractivity contribution in [2.75, 3.05) is 13.1 Å². The van der Waals surface area contributed by atoms with Gasteiger partial charge in [-0.1, -0.05) is 12.1 Å². The molecular weight excluding hydrogens is 877 g/mol. The predicted octanol–water partition coefficient (Wildman–Crippen LogP) is 7.91. The van der Waals surface area contributed by atoms with Gasteiger partial charge in [0.15, 0.2) is 11.6 Å². The summed E-state index contributed by atoms with van der Waals surface area (Å²) in [4.78, 5) is 60.6. The molecule has 352 valence electrons. The number of hydrogen-bond donors (Lipinski definition) is 2. The fourth-order valence-electron chi connectivity index (χ4n) is 12.3. The first kappa shape index (κ1) is 41.6. The number of imidazole rings is 2. The third-order valence-electron chi connectivity index (χ3n) is 15.5. The van der Waals surface area contributed by atoms with Gasteiger partial charge in [-0.2, -0.15) is 10.2 Å². The minimum absolute atomic E-state index is 0.0195. The van der Waals surface area contributed by atoms with E-state index in [-0.39, 0.29) is 18.4 Å². The molecule has 0 saturated carbocycles. The van der Waals surface area contributed by atoms with Gasteiger partial charge in [0.1, 0.15) is 22.8 Å². The number of carbonyl (C=O) groups is 1. The van der Waals surface area contributed by atoms with E-state index in [1.807, 2.05) is 62.6 Å². The van der Waals surface area contributed by atoms with Crippen LogP contribution in [0.1, 0.15) is 84.1 Å². The second-order valence-electron chi connectivity index (χ2n) is 19.9. The Labute approximate surface area is 405 Å². The van der Waals surface area contributed by atoms with E-state index in [9.17, 15) is 4.79 Å². The largest absolute Gasteiger partial charge is 0.339 e. The van der Waals surface area contributed by atoms with Crippen LogP contribution in [-0.4, -0.2) is 110 Å². The lowest BCUT2D eigenvalue weighted by molar-refractivity contribution is 0.0413. The Morgan fingerprint density at radius 3 is 1.50 bits per heavy atom. The number of carbonyl (C=O) groups excluding carboxylic acids is 1. The van der Waals surface area contributed by atoms with Crippen molar-refractivity contribution in [1.29, 1.82) is 0 Å². The van der Waals surface area contributed by atoms with E-state index in [1.165, 1.54) is 11.4 Å². The van der Waals surface area contributed by atoms with Crippen LogP contribution in [-0.2, 0) is 52.1 Å². The molecule has 8 aromatic heterocycles. The van der Waals surface area contributed by atoms with Crippen LogP contribution in [0.2, 0.25) is 0 Å². The molecule has 2 N–H and O–H groups in total. The van der Waals surface area contributed by atoms with E-state index < -0.39 is 0 Å². The van der Waals surface area contributed by atoms with Crippen molar-refractivity contribution >= 4 is 6.03 Å². The maximum Gasteiger partial charge on any atom is 0.322 e. The summed E-state index contributed by atoms with van der Waals surface area (Å²) in [6.07, 6.45) is 11.8. The van der Waals surface area contributed by atoms with Crippen molar-refractivity contribution in [1.82, 2.24) is 79.0 Å². The molecule has 2 fully saturated rings. The van der Waals surface area contributed by atoms with E-state index in [4.69, 9.17) is 40.1 Å². The molecule has 6 aliphatic rings. The zero-order valence-corrected chi connectivity index (χ0v) is 39.6. The molecule has 2 unspecified atom stereocenters. The number of hydrogen-bond acceptors (Lipinski definition) is 11. The Morgan fingerprint density at radius 2 is 1.04 bits per heavy atom. The molecule has 17 nitrogen and oxygen atoms in total. The van der Waals surface area contributed by atoms with Crippen LogP contribution in [0.3, 0.4) is 0 Å². The van der Waals surface area contributed by atoms with Gasteiger partial charge in [0.25, 0.3) is 0 Å². The minimum atomic E-state index is 0.0195. The summed E-state index contributed by atoms with van der Waals surface area (Å²) in [5.41, 5.74) is 18.3. The van der Waals surface area contributed by atoms with Crippen molar-refractivity contribution in [2.24, 2.45) is 0 Å². The fourth-order valence-corrected chi connectivity index (χ4v) is 12.3. The molecule has 70 heavy (non-hydrogen) atoms. The fraction of sp³-hybridized carbons (Fsp3) is 0.377. The summed E-state index contributed by atoms with van der Waals surface area (Å²) in [7, 11) is 0. The lowest BCUT2D eigenvalue weighted by Gasteiger charge is -2.38. The number of pyridine rings is 4. The molecule has 0 bridgehead atoms. The smallest absolute Gasteiger partial charge is 0.322 e. The summed E-state index contributed by atoms with van der Waals surface area (Å²) < 4.78 is 4.30. The van der Waals surface area contributed by atoms with Crippen molar-refractivity contribution < 1.29 is 4.79 Å². The molecule has 8 aromatic rings. The van der Waals surface area contributed by atoms with Gasteiger partial charge in [0.2, 0.25) is 0 Å². The number of urea groups is 1. The molecule has 17 heteroatoms. The summed E-state index contributed by atoms with van der Waals surface area (Å²) in [6, 6.07) is 20.8. The van der Waals surface area contributed by atoms with Crippen LogP contribution in [0.15, 0.2) is 73.1 Å². The Kier molecular flexibility index (Phi) is 9.73. The number of amides is 2. The van der Waals surface area contributed by atoms with Crippen LogP contribution in [0.25, 0.3) is 68.1 Å². The quantitative estimate of drug-likeness (QED) is 0.152.